The average molecular weight is 458 g/mol. The van der Waals surface area contributed by atoms with Crippen molar-refractivity contribution in [1.29, 1.82) is 0 Å². The number of aryl methyl sites for hydroxylation is 4. The van der Waals surface area contributed by atoms with E-state index in [9.17, 15) is 22.8 Å². The lowest BCUT2D eigenvalue weighted by Crippen LogP contribution is -2.37. The van der Waals surface area contributed by atoms with Crippen LogP contribution in [0.25, 0.3) is 5.69 Å². The summed E-state index contributed by atoms with van der Waals surface area (Å²) in [5.41, 5.74) is 3.13. The Kier molecular flexibility index (Phi) is 6.90. The predicted octanol–water partition coefficient (Wildman–Crippen LogP) is 4.17. The van der Waals surface area contributed by atoms with Crippen molar-refractivity contribution in [3.05, 3.63) is 81.7 Å². The number of alkyl halides is 3. The van der Waals surface area contributed by atoms with Crippen LogP contribution in [0.4, 0.5) is 13.2 Å². The molecule has 0 unspecified atom stereocenters. The van der Waals surface area contributed by atoms with Crippen LogP contribution in [-0.4, -0.2) is 28.1 Å². The summed E-state index contributed by atoms with van der Waals surface area (Å²) in [6.07, 6.45) is -4.61. The Labute approximate surface area is 189 Å². The summed E-state index contributed by atoms with van der Waals surface area (Å²) in [5, 5.41) is 9.14. The molecule has 3 rings (SSSR count). The Bertz CT molecular complexity index is 1200. The van der Waals surface area contributed by atoms with Gasteiger partial charge in [0.25, 0.3) is 5.91 Å². The minimum Gasteiger partial charge on any atom is -0.350 e. The lowest BCUT2D eigenvalue weighted by molar-refractivity contribution is -0.138. The zero-order valence-corrected chi connectivity index (χ0v) is 18.8. The van der Waals surface area contributed by atoms with Gasteiger partial charge in [-0.3, -0.25) is 9.59 Å². The number of nitrogens with zero attached hydrogens (tertiary/aromatic N) is 2. The summed E-state index contributed by atoms with van der Waals surface area (Å²) in [6.45, 7) is 6.63. The van der Waals surface area contributed by atoms with Gasteiger partial charge in [0.2, 0.25) is 5.91 Å². The molecule has 0 fully saturated rings. The van der Waals surface area contributed by atoms with Gasteiger partial charge >= 0.3 is 6.18 Å². The summed E-state index contributed by atoms with van der Waals surface area (Å²) < 4.78 is 42.5. The van der Waals surface area contributed by atoms with E-state index in [0.29, 0.717) is 17.0 Å². The van der Waals surface area contributed by atoms with Crippen molar-refractivity contribution in [3.8, 4) is 5.69 Å². The number of carbonyl (C=O) groups excluding carboxylic acids is 2. The molecule has 0 spiro atoms. The molecule has 1 heterocycles. The largest absolute Gasteiger partial charge is 0.416 e. The molecule has 0 bridgehead atoms. The molecule has 3 aromatic rings. The maximum atomic E-state index is 13.7. The predicted molar refractivity (Wildman–Crippen MR) is 118 cm³/mol. The molecule has 9 heteroatoms. The Balaban J connectivity index is 1.67. The highest BCUT2D eigenvalue weighted by atomic mass is 19.4. The molecule has 6 nitrogen and oxygen atoms in total. The van der Waals surface area contributed by atoms with E-state index in [4.69, 9.17) is 0 Å². The number of benzene rings is 2. The first kappa shape index (κ1) is 24.0. The highest BCUT2D eigenvalue weighted by molar-refractivity contribution is 5.96. The first-order valence-electron chi connectivity index (χ1n) is 10.3. The van der Waals surface area contributed by atoms with Gasteiger partial charge in [-0.25, -0.2) is 4.68 Å². The Hall–Kier alpha value is -3.62. The van der Waals surface area contributed by atoms with E-state index in [1.54, 1.807) is 38.1 Å². The highest BCUT2D eigenvalue weighted by Gasteiger charge is 2.34. The summed E-state index contributed by atoms with van der Waals surface area (Å²) in [7, 11) is 0. The van der Waals surface area contributed by atoms with Gasteiger partial charge in [-0.05, 0) is 74.7 Å². The van der Waals surface area contributed by atoms with Gasteiger partial charge in [0.1, 0.15) is 0 Å². The van der Waals surface area contributed by atoms with E-state index in [-0.39, 0.29) is 24.3 Å². The molecule has 2 amide bonds. The van der Waals surface area contributed by atoms with Crippen molar-refractivity contribution in [2.24, 2.45) is 0 Å². The first-order valence-corrected chi connectivity index (χ1v) is 10.3. The van der Waals surface area contributed by atoms with E-state index in [1.165, 1.54) is 16.8 Å². The molecule has 0 aliphatic carbocycles. The molecule has 0 radical (unpaired) electrons. The summed E-state index contributed by atoms with van der Waals surface area (Å²) in [6, 6.07) is 10.8. The van der Waals surface area contributed by atoms with Crippen LogP contribution in [0.1, 0.15) is 44.0 Å². The van der Waals surface area contributed by atoms with Crippen molar-refractivity contribution < 1.29 is 22.8 Å². The molecule has 33 heavy (non-hydrogen) atoms. The fourth-order valence-electron chi connectivity index (χ4n) is 3.41. The summed E-state index contributed by atoms with van der Waals surface area (Å²) in [5.74, 6) is -1.03. The SMILES string of the molecule is Cc1cc(C)n(-c2ccc(CNC(=O)CNC(=O)c3ccc(C)c(C)c3)c(C(F)(F)F)c2)n1. The van der Waals surface area contributed by atoms with Gasteiger partial charge in [0.05, 0.1) is 23.5 Å². The molecule has 0 aliphatic heterocycles. The first-order chi connectivity index (χ1) is 15.5. The zero-order chi connectivity index (χ0) is 24.3. The van der Waals surface area contributed by atoms with Crippen LogP contribution in [0.5, 0.6) is 0 Å². The fourth-order valence-corrected chi connectivity index (χ4v) is 3.41. The van der Waals surface area contributed by atoms with Gasteiger partial charge in [0.15, 0.2) is 0 Å². The van der Waals surface area contributed by atoms with Crippen molar-refractivity contribution in [2.75, 3.05) is 6.54 Å². The lowest BCUT2D eigenvalue weighted by atomic mass is 10.1. The maximum absolute atomic E-state index is 13.7. The number of amides is 2. The van der Waals surface area contributed by atoms with E-state index < -0.39 is 23.6 Å². The number of rotatable bonds is 6. The van der Waals surface area contributed by atoms with Crippen LogP contribution in [-0.2, 0) is 17.5 Å². The van der Waals surface area contributed by atoms with E-state index in [0.717, 1.165) is 17.2 Å². The summed E-state index contributed by atoms with van der Waals surface area (Å²) in [4.78, 5) is 24.4. The van der Waals surface area contributed by atoms with Crippen LogP contribution in [0, 0.1) is 27.7 Å². The third kappa shape index (κ3) is 5.79. The van der Waals surface area contributed by atoms with Gasteiger partial charge in [-0.15, -0.1) is 0 Å². The van der Waals surface area contributed by atoms with Crippen molar-refractivity contribution in [1.82, 2.24) is 20.4 Å². The number of hydrogen-bond acceptors (Lipinski definition) is 3. The van der Waals surface area contributed by atoms with E-state index in [1.807, 2.05) is 13.8 Å². The van der Waals surface area contributed by atoms with Crippen molar-refractivity contribution >= 4 is 11.8 Å². The Morgan fingerprint density at radius 2 is 1.67 bits per heavy atom. The number of halogens is 3. The summed E-state index contributed by atoms with van der Waals surface area (Å²) >= 11 is 0. The smallest absolute Gasteiger partial charge is 0.350 e. The number of hydrogen-bond donors (Lipinski definition) is 2. The molecule has 174 valence electrons. The van der Waals surface area contributed by atoms with E-state index in [2.05, 4.69) is 15.7 Å². The average Bonchev–Trinajstić information content (AvgIpc) is 3.09. The maximum Gasteiger partial charge on any atom is 0.416 e. The van der Waals surface area contributed by atoms with Gasteiger partial charge in [-0.1, -0.05) is 12.1 Å². The van der Waals surface area contributed by atoms with Crippen molar-refractivity contribution in [2.45, 2.75) is 40.4 Å². The third-order valence-corrected chi connectivity index (χ3v) is 5.31. The monoisotopic (exact) mass is 458 g/mol. The second kappa shape index (κ2) is 9.48. The molecule has 0 saturated carbocycles. The van der Waals surface area contributed by atoms with Crippen LogP contribution in [0.2, 0.25) is 0 Å². The molecule has 0 saturated heterocycles. The third-order valence-electron chi connectivity index (χ3n) is 5.31. The van der Waals surface area contributed by atoms with E-state index >= 15 is 0 Å². The Morgan fingerprint density at radius 1 is 0.939 bits per heavy atom. The Morgan fingerprint density at radius 3 is 2.27 bits per heavy atom. The second-order valence-electron chi connectivity index (χ2n) is 7.94. The molecular weight excluding hydrogens is 433 g/mol. The quantitative estimate of drug-likeness (QED) is 0.582. The van der Waals surface area contributed by atoms with Gasteiger partial charge < -0.3 is 10.6 Å². The van der Waals surface area contributed by atoms with Gasteiger partial charge in [-0.2, -0.15) is 18.3 Å². The molecule has 0 atom stereocenters. The van der Waals surface area contributed by atoms with Crippen molar-refractivity contribution in [3.63, 3.8) is 0 Å². The second-order valence-corrected chi connectivity index (χ2v) is 7.94. The molecule has 2 N–H and O–H groups in total. The van der Waals surface area contributed by atoms with Crippen LogP contribution in [0.15, 0.2) is 42.5 Å². The molecule has 0 aliphatic rings. The standard InChI is InChI=1S/C24H25F3N4O2/c1-14-5-6-18(9-15(14)2)23(33)29-13-22(32)28-12-19-7-8-20(11-21(19)24(25,26)27)31-17(4)10-16(3)30-31/h5-11H,12-13H2,1-4H3,(H,28,32)(H,29,33). The van der Waals surface area contributed by atoms with Crippen LogP contribution in [0.3, 0.4) is 0 Å². The normalized spacial score (nSPS) is 11.4. The fraction of sp³-hybridized carbons (Fsp3) is 0.292. The molecule has 2 aromatic carbocycles. The lowest BCUT2D eigenvalue weighted by Gasteiger charge is -2.16. The molecule has 1 aromatic heterocycles. The minimum atomic E-state index is -4.61. The number of nitrogens with one attached hydrogen (secondary N) is 2. The minimum absolute atomic E-state index is 0.0818. The van der Waals surface area contributed by atoms with Crippen LogP contribution >= 0.6 is 0 Å². The molecular formula is C24H25F3N4O2. The topological polar surface area (TPSA) is 76.0 Å². The zero-order valence-electron chi connectivity index (χ0n) is 18.8. The van der Waals surface area contributed by atoms with Crippen LogP contribution < -0.4 is 10.6 Å². The van der Waals surface area contributed by atoms with Gasteiger partial charge in [0, 0.05) is 17.8 Å². The highest BCUT2D eigenvalue weighted by Crippen LogP contribution is 2.33. The number of aromatic nitrogens is 2. The number of carbonyl (C=O) groups is 2.